The molecule has 1 aliphatic heterocycles. The van der Waals surface area contributed by atoms with Gasteiger partial charge in [0.25, 0.3) is 0 Å². The summed E-state index contributed by atoms with van der Waals surface area (Å²) in [5.41, 5.74) is 0.767. The van der Waals surface area contributed by atoms with Crippen LogP contribution in [0.4, 0.5) is 0 Å². The summed E-state index contributed by atoms with van der Waals surface area (Å²) in [7, 11) is 0. The molecule has 14 heavy (non-hydrogen) atoms. The van der Waals surface area contributed by atoms with Crippen molar-refractivity contribution >= 4 is 27.6 Å². The molecule has 0 saturated heterocycles. The molecule has 0 radical (unpaired) electrons. The molecule has 1 aromatic heterocycles. The highest BCUT2D eigenvalue weighted by atomic mass is 79.9. The molecule has 0 bridgehead atoms. The predicted octanol–water partition coefficient (Wildman–Crippen LogP) is 1.59. The van der Waals surface area contributed by atoms with E-state index in [4.69, 9.17) is 4.42 Å². The predicted molar refractivity (Wildman–Crippen MR) is 51.8 cm³/mol. The Kier molecular flexibility index (Phi) is 2.19. The van der Waals surface area contributed by atoms with Gasteiger partial charge in [-0.15, -0.1) is 0 Å². The van der Waals surface area contributed by atoms with Crippen LogP contribution in [0.15, 0.2) is 15.2 Å². The smallest absolute Gasteiger partial charge is 0.220 e. The summed E-state index contributed by atoms with van der Waals surface area (Å²) in [6, 6.07) is 1.72. The van der Waals surface area contributed by atoms with E-state index in [9.17, 15) is 9.59 Å². The SMILES string of the molecule is CC(=O)N1CC(=O)c2oc(Br)cc2C1. The first kappa shape index (κ1) is 9.45. The standard InChI is InChI=1S/C9H8BrNO3/c1-5(12)11-3-6-2-8(10)14-9(6)7(13)4-11/h2H,3-4H2,1H3. The minimum absolute atomic E-state index is 0.0960. The summed E-state index contributed by atoms with van der Waals surface area (Å²) < 4.78 is 5.70. The molecular formula is C9H8BrNO3. The van der Waals surface area contributed by atoms with E-state index >= 15 is 0 Å². The zero-order chi connectivity index (χ0) is 10.3. The number of furan rings is 1. The summed E-state index contributed by atoms with van der Waals surface area (Å²) in [6.45, 7) is 2.02. The lowest BCUT2D eigenvalue weighted by Gasteiger charge is -2.23. The van der Waals surface area contributed by atoms with Gasteiger partial charge >= 0.3 is 0 Å². The highest BCUT2D eigenvalue weighted by molar-refractivity contribution is 9.10. The Balaban J connectivity index is 2.37. The maximum absolute atomic E-state index is 11.5. The number of halogens is 1. The average molecular weight is 258 g/mol. The van der Waals surface area contributed by atoms with Crippen LogP contribution in [0.5, 0.6) is 0 Å². The van der Waals surface area contributed by atoms with Gasteiger partial charge in [-0.2, -0.15) is 0 Å². The van der Waals surface area contributed by atoms with Gasteiger partial charge in [0.05, 0.1) is 13.1 Å². The number of rotatable bonds is 0. The second-order valence-electron chi connectivity index (χ2n) is 3.20. The molecule has 0 unspecified atom stereocenters. The molecule has 4 nitrogen and oxygen atoms in total. The number of Topliss-reactive ketones (excluding diaryl/α,β-unsaturated/α-hetero) is 1. The lowest BCUT2D eigenvalue weighted by Crippen LogP contribution is -2.37. The summed E-state index contributed by atoms with van der Waals surface area (Å²) >= 11 is 3.15. The van der Waals surface area contributed by atoms with Gasteiger partial charge in [-0.25, -0.2) is 0 Å². The number of carbonyl (C=O) groups excluding carboxylic acids is 2. The lowest BCUT2D eigenvalue weighted by atomic mass is 10.1. The van der Waals surface area contributed by atoms with Crippen molar-refractivity contribution in [3.8, 4) is 0 Å². The van der Waals surface area contributed by atoms with Gasteiger partial charge in [0.2, 0.25) is 11.7 Å². The van der Waals surface area contributed by atoms with Crippen LogP contribution in [-0.4, -0.2) is 23.1 Å². The molecule has 0 spiro atoms. The molecule has 0 fully saturated rings. The maximum Gasteiger partial charge on any atom is 0.220 e. The van der Waals surface area contributed by atoms with Crippen LogP contribution < -0.4 is 0 Å². The van der Waals surface area contributed by atoms with Crippen molar-refractivity contribution < 1.29 is 14.0 Å². The Labute approximate surface area is 89.0 Å². The van der Waals surface area contributed by atoms with E-state index in [1.165, 1.54) is 11.8 Å². The van der Waals surface area contributed by atoms with Crippen molar-refractivity contribution in [2.24, 2.45) is 0 Å². The van der Waals surface area contributed by atoms with Crippen LogP contribution in [0.3, 0.4) is 0 Å². The first-order valence-corrected chi connectivity index (χ1v) is 4.94. The van der Waals surface area contributed by atoms with E-state index in [1.807, 2.05) is 0 Å². The number of carbonyl (C=O) groups is 2. The van der Waals surface area contributed by atoms with Crippen molar-refractivity contribution in [1.82, 2.24) is 4.90 Å². The molecule has 2 rings (SSSR count). The molecule has 1 aromatic rings. The Morgan fingerprint density at radius 3 is 2.93 bits per heavy atom. The van der Waals surface area contributed by atoms with Crippen LogP contribution in [0.1, 0.15) is 23.0 Å². The molecule has 1 amide bonds. The van der Waals surface area contributed by atoms with Gasteiger partial charge in [-0.3, -0.25) is 9.59 Å². The Morgan fingerprint density at radius 1 is 1.57 bits per heavy atom. The van der Waals surface area contributed by atoms with E-state index in [0.29, 0.717) is 17.0 Å². The summed E-state index contributed by atoms with van der Waals surface area (Å²) in [4.78, 5) is 24.1. The largest absolute Gasteiger partial charge is 0.446 e. The summed E-state index contributed by atoms with van der Waals surface area (Å²) in [6.07, 6.45) is 0. The van der Waals surface area contributed by atoms with Crippen LogP contribution in [0, 0.1) is 0 Å². The Morgan fingerprint density at radius 2 is 2.29 bits per heavy atom. The molecule has 0 atom stereocenters. The summed E-state index contributed by atoms with van der Waals surface area (Å²) in [5, 5.41) is 0. The second kappa shape index (κ2) is 3.24. The Hall–Kier alpha value is -1.10. The quantitative estimate of drug-likeness (QED) is 0.710. The molecule has 1 aliphatic rings. The maximum atomic E-state index is 11.5. The molecular weight excluding hydrogens is 250 g/mol. The number of hydrogen-bond acceptors (Lipinski definition) is 3. The minimum atomic E-state index is -0.146. The Bertz CT molecular complexity index is 410. The third kappa shape index (κ3) is 1.48. The van der Waals surface area contributed by atoms with Gasteiger partial charge in [0.15, 0.2) is 10.4 Å². The topological polar surface area (TPSA) is 50.5 Å². The van der Waals surface area contributed by atoms with E-state index in [-0.39, 0.29) is 18.2 Å². The van der Waals surface area contributed by atoms with Crippen LogP contribution in [0.2, 0.25) is 0 Å². The van der Waals surface area contributed by atoms with Gasteiger partial charge in [0, 0.05) is 12.5 Å². The fourth-order valence-corrected chi connectivity index (χ4v) is 1.92. The van der Waals surface area contributed by atoms with Crippen LogP contribution >= 0.6 is 15.9 Å². The fourth-order valence-electron chi connectivity index (χ4n) is 1.48. The van der Waals surface area contributed by atoms with Crippen LogP contribution in [-0.2, 0) is 11.3 Å². The number of hydrogen-bond donors (Lipinski definition) is 0. The molecule has 0 aliphatic carbocycles. The third-order valence-corrected chi connectivity index (χ3v) is 2.56. The molecule has 0 aromatic carbocycles. The monoisotopic (exact) mass is 257 g/mol. The first-order chi connectivity index (χ1) is 6.58. The first-order valence-electron chi connectivity index (χ1n) is 4.15. The molecule has 2 heterocycles. The van der Waals surface area contributed by atoms with Crippen molar-refractivity contribution in [1.29, 1.82) is 0 Å². The van der Waals surface area contributed by atoms with Crippen molar-refractivity contribution in [2.45, 2.75) is 13.5 Å². The highest BCUT2D eigenvalue weighted by Crippen LogP contribution is 2.25. The van der Waals surface area contributed by atoms with Crippen molar-refractivity contribution in [2.75, 3.05) is 6.54 Å². The normalized spacial score (nSPS) is 15.6. The van der Waals surface area contributed by atoms with E-state index in [2.05, 4.69) is 15.9 Å². The average Bonchev–Trinajstić information content (AvgIpc) is 2.45. The number of amides is 1. The van der Waals surface area contributed by atoms with Gasteiger partial charge < -0.3 is 9.32 Å². The van der Waals surface area contributed by atoms with E-state index < -0.39 is 0 Å². The fraction of sp³-hybridized carbons (Fsp3) is 0.333. The minimum Gasteiger partial charge on any atom is -0.446 e. The highest BCUT2D eigenvalue weighted by Gasteiger charge is 2.28. The number of ketones is 1. The third-order valence-electron chi connectivity index (χ3n) is 2.17. The molecule has 0 saturated carbocycles. The number of nitrogens with zero attached hydrogens (tertiary/aromatic N) is 1. The van der Waals surface area contributed by atoms with Crippen molar-refractivity contribution in [3.63, 3.8) is 0 Å². The molecule has 0 N–H and O–H groups in total. The number of fused-ring (bicyclic) bond motifs is 1. The molecule has 74 valence electrons. The van der Waals surface area contributed by atoms with Crippen LogP contribution in [0.25, 0.3) is 0 Å². The van der Waals surface area contributed by atoms with Gasteiger partial charge in [-0.1, -0.05) is 0 Å². The van der Waals surface area contributed by atoms with Gasteiger partial charge in [0.1, 0.15) is 0 Å². The van der Waals surface area contributed by atoms with Gasteiger partial charge in [-0.05, 0) is 22.0 Å². The van der Waals surface area contributed by atoms with E-state index in [0.717, 1.165) is 5.56 Å². The second-order valence-corrected chi connectivity index (χ2v) is 3.98. The summed E-state index contributed by atoms with van der Waals surface area (Å²) in [5.74, 6) is 0.128. The lowest BCUT2D eigenvalue weighted by molar-refractivity contribution is -0.129. The molecule has 5 heteroatoms. The zero-order valence-corrected chi connectivity index (χ0v) is 9.13. The van der Waals surface area contributed by atoms with E-state index in [1.54, 1.807) is 6.07 Å². The van der Waals surface area contributed by atoms with Crippen molar-refractivity contribution in [3.05, 3.63) is 22.1 Å². The zero-order valence-electron chi connectivity index (χ0n) is 7.54.